The molecule has 15 heavy (non-hydrogen) atoms. The zero-order chi connectivity index (χ0) is 11.6. The first-order valence-electron chi connectivity index (χ1n) is 4.49. The number of nitrogens with zero attached hydrogens (tertiary/aromatic N) is 1. The number of nitrogen functional groups attached to an aromatic ring is 1. The minimum Gasteiger partial charge on any atom is -0.471 e. The van der Waals surface area contributed by atoms with E-state index in [9.17, 15) is 0 Å². The van der Waals surface area contributed by atoms with Crippen molar-refractivity contribution in [2.45, 2.75) is 26.4 Å². The van der Waals surface area contributed by atoms with Gasteiger partial charge in [-0.2, -0.15) is 0 Å². The van der Waals surface area contributed by atoms with E-state index in [1.807, 2.05) is 20.8 Å². The largest absolute Gasteiger partial charge is 0.471 e. The Bertz CT molecular complexity index is 385. The molecule has 1 aromatic heterocycles. The van der Waals surface area contributed by atoms with E-state index in [1.54, 1.807) is 6.07 Å². The van der Waals surface area contributed by atoms with Crippen LogP contribution in [-0.2, 0) is 0 Å². The first-order valence-corrected chi connectivity index (χ1v) is 4.87. The van der Waals surface area contributed by atoms with Crippen molar-refractivity contribution >= 4 is 17.4 Å². The van der Waals surface area contributed by atoms with Gasteiger partial charge in [0.2, 0.25) is 5.88 Å². The van der Waals surface area contributed by atoms with E-state index in [-0.39, 0.29) is 16.5 Å². The molecule has 0 spiro atoms. The molecule has 82 valence electrons. The van der Waals surface area contributed by atoms with Gasteiger partial charge in [0.25, 0.3) is 0 Å². The normalized spacial score (nSPS) is 11.2. The molecule has 0 atom stereocenters. The summed E-state index contributed by atoms with van der Waals surface area (Å²) in [7, 11) is 0. The fourth-order valence-electron chi connectivity index (χ4n) is 0.994. The summed E-state index contributed by atoms with van der Waals surface area (Å²) in [5.74, 6) is 0.207. The van der Waals surface area contributed by atoms with Crippen molar-refractivity contribution in [3.05, 3.63) is 22.8 Å². The molecule has 0 aliphatic carbocycles. The smallest absolute Gasteiger partial charge is 0.233 e. The van der Waals surface area contributed by atoms with E-state index in [1.165, 1.54) is 6.20 Å². The van der Waals surface area contributed by atoms with Crippen molar-refractivity contribution in [2.75, 3.05) is 0 Å². The number of rotatable bonds is 2. The van der Waals surface area contributed by atoms with Crippen LogP contribution in [-0.4, -0.2) is 16.4 Å². The van der Waals surface area contributed by atoms with Gasteiger partial charge >= 0.3 is 0 Å². The van der Waals surface area contributed by atoms with Crippen LogP contribution in [0, 0.1) is 5.41 Å². The molecule has 0 amide bonds. The van der Waals surface area contributed by atoms with Crippen LogP contribution >= 0.6 is 11.6 Å². The molecule has 4 nitrogen and oxygen atoms in total. The number of ether oxygens (including phenoxy) is 1. The number of nitrogens with one attached hydrogen (secondary N) is 1. The van der Waals surface area contributed by atoms with Crippen LogP contribution in [0.1, 0.15) is 26.3 Å². The molecule has 0 aliphatic heterocycles. The quantitative estimate of drug-likeness (QED) is 0.601. The molecule has 0 unspecified atom stereocenters. The highest BCUT2D eigenvalue weighted by molar-refractivity contribution is 6.35. The third-order valence-corrected chi connectivity index (χ3v) is 1.92. The number of hydrogen-bond donors (Lipinski definition) is 2. The van der Waals surface area contributed by atoms with Gasteiger partial charge in [0.15, 0.2) is 0 Å². The third kappa shape index (κ3) is 3.09. The van der Waals surface area contributed by atoms with Crippen molar-refractivity contribution in [3.8, 4) is 5.88 Å². The van der Waals surface area contributed by atoms with Gasteiger partial charge in [-0.25, -0.2) is 4.98 Å². The first kappa shape index (κ1) is 11.8. The average molecular weight is 228 g/mol. The zero-order valence-corrected chi connectivity index (χ0v) is 9.72. The lowest BCUT2D eigenvalue weighted by atomic mass is 10.2. The Hall–Kier alpha value is -1.29. The standard InChI is InChI=1S/C10H14ClN3O/c1-10(2,3)15-9-7(11)6(8(12)13)4-5-14-9/h4-5H,1-3H3,(H3,12,13). The Labute approximate surface area is 93.9 Å². The second-order valence-corrected chi connectivity index (χ2v) is 4.48. The van der Waals surface area contributed by atoms with Gasteiger partial charge in [-0.05, 0) is 26.8 Å². The molecule has 1 rings (SSSR count). The van der Waals surface area contributed by atoms with Crippen LogP contribution in [0.25, 0.3) is 0 Å². The second kappa shape index (κ2) is 4.06. The lowest BCUT2D eigenvalue weighted by Gasteiger charge is -2.21. The van der Waals surface area contributed by atoms with E-state index in [0.29, 0.717) is 11.4 Å². The van der Waals surface area contributed by atoms with E-state index >= 15 is 0 Å². The molecule has 0 bridgehead atoms. The molecular weight excluding hydrogens is 214 g/mol. The Morgan fingerprint density at radius 2 is 2.13 bits per heavy atom. The predicted molar refractivity (Wildman–Crippen MR) is 60.6 cm³/mol. The van der Waals surface area contributed by atoms with Crippen molar-refractivity contribution in [1.29, 1.82) is 5.41 Å². The van der Waals surface area contributed by atoms with Gasteiger partial charge in [-0.1, -0.05) is 11.6 Å². The molecule has 0 fully saturated rings. The van der Waals surface area contributed by atoms with Crippen molar-refractivity contribution in [3.63, 3.8) is 0 Å². The van der Waals surface area contributed by atoms with Crippen LogP contribution in [0.3, 0.4) is 0 Å². The Morgan fingerprint density at radius 3 is 2.60 bits per heavy atom. The summed E-state index contributed by atoms with van der Waals surface area (Å²) in [4.78, 5) is 4.00. The van der Waals surface area contributed by atoms with Crippen LogP contribution in [0.4, 0.5) is 0 Å². The van der Waals surface area contributed by atoms with Crippen LogP contribution in [0.2, 0.25) is 5.02 Å². The molecule has 1 heterocycles. The van der Waals surface area contributed by atoms with Gasteiger partial charge in [0.05, 0.1) is 0 Å². The SMILES string of the molecule is CC(C)(C)Oc1nccc(C(=N)N)c1Cl. The fraction of sp³-hybridized carbons (Fsp3) is 0.400. The number of nitrogens with two attached hydrogens (primary N) is 1. The number of aromatic nitrogens is 1. The van der Waals surface area contributed by atoms with Gasteiger partial charge in [-0.3, -0.25) is 5.41 Å². The van der Waals surface area contributed by atoms with Crippen LogP contribution < -0.4 is 10.5 Å². The summed E-state index contributed by atoms with van der Waals surface area (Å²) in [6, 6.07) is 1.58. The molecule has 1 aromatic rings. The lowest BCUT2D eigenvalue weighted by molar-refractivity contribution is 0.124. The maximum Gasteiger partial charge on any atom is 0.233 e. The third-order valence-electron chi connectivity index (χ3n) is 1.55. The molecule has 5 heteroatoms. The lowest BCUT2D eigenvalue weighted by Crippen LogP contribution is -2.24. The average Bonchev–Trinajstić information content (AvgIpc) is 2.05. The highest BCUT2D eigenvalue weighted by atomic mass is 35.5. The van der Waals surface area contributed by atoms with Crippen LogP contribution in [0.5, 0.6) is 5.88 Å². The molecule has 0 aromatic carbocycles. The van der Waals surface area contributed by atoms with E-state index < -0.39 is 0 Å². The molecule has 0 saturated carbocycles. The van der Waals surface area contributed by atoms with Crippen LogP contribution in [0.15, 0.2) is 12.3 Å². The maximum absolute atomic E-state index is 7.31. The Kier molecular flexibility index (Phi) is 3.19. The second-order valence-electron chi connectivity index (χ2n) is 4.11. The number of amidine groups is 1. The summed E-state index contributed by atoms with van der Waals surface area (Å²) >= 11 is 6.00. The van der Waals surface area contributed by atoms with Gasteiger partial charge in [-0.15, -0.1) is 0 Å². The van der Waals surface area contributed by atoms with Crippen molar-refractivity contribution < 1.29 is 4.74 Å². The minimum atomic E-state index is -0.383. The summed E-state index contributed by atoms with van der Waals surface area (Å²) in [5.41, 5.74) is 5.42. The van der Waals surface area contributed by atoms with E-state index in [0.717, 1.165) is 0 Å². The predicted octanol–water partition coefficient (Wildman–Crippen LogP) is 2.20. The monoisotopic (exact) mass is 227 g/mol. The molecule has 0 radical (unpaired) electrons. The molecule has 0 aliphatic rings. The summed E-state index contributed by atoms with van der Waals surface area (Å²) < 4.78 is 5.53. The highest BCUT2D eigenvalue weighted by Crippen LogP contribution is 2.27. The number of hydrogen-bond acceptors (Lipinski definition) is 3. The fourth-order valence-corrected chi connectivity index (χ4v) is 1.25. The minimum absolute atomic E-state index is 0.0961. The van der Waals surface area contributed by atoms with Gasteiger partial charge in [0.1, 0.15) is 16.5 Å². The summed E-state index contributed by atoms with van der Waals surface area (Å²) in [6.07, 6.45) is 1.52. The first-order chi connectivity index (χ1) is 6.81. The topological polar surface area (TPSA) is 72.0 Å². The summed E-state index contributed by atoms with van der Waals surface area (Å²) in [5, 5.41) is 7.59. The zero-order valence-electron chi connectivity index (χ0n) is 8.97. The number of halogens is 1. The molecule has 0 saturated heterocycles. The van der Waals surface area contributed by atoms with Gasteiger partial charge < -0.3 is 10.5 Å². The Morgan fingerprint density at radius 1 is 1.53 bits per heavy atom. The van der Waals surface area contributed by atoms with Crippen molar-refractivity contribution in [1.82, 2.24) is 4.98 Å². The number of pyridine rings is 1. The maximum atomic E-state index is 7.31. The highest BCUT2D eigenvalue weighted by Gasteiger charge is 2.17. The van der Waals surface area contributed by atoms with Gasteiger partial charge in [0, 0.05) is 11.8 Å². The molecular formula is C10H14ClN3O. The summed E-state index contributed by atoms with van der Waals surface area (Å²) in [6.45, 7) is 5.68. The van der Waals surface area contributed by atoms with E-state index in [2.05, 4.69) is 4.98 Å². The van der Waals surface area contributed by atoms with E-state index in [4.69, 9.17) is 27.5 Å². The molecule has 3 N–H and O–H groups in total. The Balaban J connectivity index is 3.10. The van der Waals surface area contributed by atoms with Crippen molar-refractivity contribution in [2.24, 2.45) is 5.73 Å².